The van der Waals surface area contributed by atoms with E-state index in [1.807, 2.05) is 42.9 Å². The van der Waals surface area contributed by atoms with Gasteiger partial charge in [-0.25, -0.2) is 13.1 Å². The average Bonchev–Trinajstić information content (AvgIpc) is 2.97. The van der Waals surface area contributed by atoms with Crippen LogP contribution in [0.25, 0.3) is 0 Å². The highest BCUT2D eigenvalue weighted by atomic mass is 32.2. The molecule has 0 atom stereocenters. The van der Waals surface area contributed by atoms with Crippen LogP contribution in [-0.2, 0) is 16.6 Å². The first-order valence-corrected chi connectivity index (χ1v) is 8.83. The Morgan fingerprint density at radius 1 is 1.14 bits per heavy atom. The summed E-state index contributed by atoms with van der Waals surface area (Å²) < 4.78 is 34.5. The van der Waals surface area contributed by atoms with E-state index in [9.17, 15) is 8.42 Å². The first-order chi connectivity index (χ1) is 10.5. The third kappa shape index (κ3) is 4.89. The minimum absolute atomic E-state index is 0.0641. The van der Waals surface area contributed by atoms with Crippen LogP contribution in [0.2, 0.25) is 0 Å². The molecule has 0 saturated heterocycles. The number of nitrogens with zero attached hydrogens (tertiary/aromatic N) is 1. The molecule has 0 amide bonds. The molecular weight excluding hydrogens is 300 g/mol. The topological polar surface area (TPSA) is 60.3 Å². The number of nitrogens with one attached hydrogen (secondary N) is 1. The van der Waals surface area contributed by atoms with Gasteiger partial charge < -0.3 is 9.30 Å². The Hall–Kier alpha value is -1.79. The van der Waals surface area contributed by atoms with Crippen LogP contribution in [0.4, 0.5) is 0 Å². The molecule has 0 bridgehead atoms. The van der Waals surface area contributed by atoms with Crippen molar-refractivity contribution in [2.45, 2.75) is 37.8 Å². The summed E-state index contributed by atoms with van der Waals surface area (Å²) in [6.07, 6.45) is 4.72. The van der Waals surface area contributed by atoms with E-state index in [1.54, 1.807) is 24.3 Å². The molecule has 0 saturated carbocycles. The van der Waals surface area contributed by atoms with Gasteiger partial charge in [0, 0.05) is 25.5 Å². The summed E-state index contributed by atoms with van der Waals surface area (Å²) in [5.41, 5.74) is 0. The van der Waals surface area contributed by atoms with Crippen molar-refractivity contribution in [2.75, 3.05) is 6.54 Å². The van der Waals surface area contributed by atoms with Crippen molar-refractivity contribution in [2.24, 2.45) is 0 Å². The second-order valence-corrected chi connectivity index (χ2v) is 7.08. The number of rotatable bonds is 8. The molecule has 120 valence electrons. The van der Waals surface area contributed by atoms with Gasteiger partial charge in [0.1, 0.15) is 5.75 Å². The Balaban J connectivity index is 1.86. The number of sulfonamides is 1. The number of hydrogen-bond acceptors (Lipinski definition) is 3. The molecule has 22 heavy (non-hydrogen) atoms. The second-order valence-electron chi connectivity index (χ2n) is 5.31. The fourth-order valence-corrected chi connectivity index (χ4v) is 3.11. The first-order valence-electron chi connectivity index (χ1n) is 7.34. The third-order valence-electron chi connectivity index (χ3n) is 3.06. The predicted molar refractivity (Wildman–Crippen MR) is 86.4 cm³/mol. The molecule has 1 aromatic carbocycles. The average molecular weight is 322 g/mol. The van der Waals surface area contributed by atoms with Crippen molar-refractivity contribution < 1.29 is 13.2 Å². The van der Waals surface area contributed by atoms with Gasteiger partial charge >= 0.3 is 0 Å². The van der Waals surface area contributed by atoms with Crippen LogP contribution in [0.15, 0.2) is 53.7 Å². The van der Waals surface area contributed by atoms with E-state index in [2.05, 4.69) is 4.72 Å². The molecule has 0 unspecified atom stereocenters. The number of benzene rings is 1. The standard InChI is InChI=1S/C16H22N2O3S/c1-14(2)21-15-6-8-16(9-7-15)22(19,20)17-10-5-13-18-11-3-4-12-18/h3-4,6-9,11-12,14,17H,5,10,13H2,1-2H3. The summed E-state index contributed by atoms with van der Waals surface area (Å²) in [5.74, 6) is 0.668. The van der Waals surface area contributed by atoms with E-state index in [0.717, 1.165) is 13.0 Å². The molecule has 5 nitrogen and oxygen atoms in total. The predicted octanol–water partition coefficient (Wildman–Crippen LogP) is 2.64. The minimum atomic E-state index is -3.46. The molecular formula is C16H22N2O3S. The van der Waals surface area contributed by atoms with Crippen molar-refractivity contribution in [1.82, 2.24) is 9.29 Å². The van der Waals surface area contributed by atoms with Gasteiger partial charge in [-0.1, -0.05) is 0 Å². The van der Waals surface area contributed by atoms with Gasteiger partial charge in [-0.15, -0.1) is 0 Å². The van der Waals surface area contributed by atoms with E-state index in [-0.39, 0.29) is 11.0 Å². The normalized spacial score (nSPS) is 11.8. The van der Waals surface area contributed by atoms with Gasteiger partial charge in [-0.2, -0.15) is 0 Å². The number of hydrogen-bond donors (Lipinski definition) is 1. The summed E-state index contributed by atoms with van der Waals surface area (Å²) in [6.45, 7) is 5.05. The van der Waals surface area contributed by atoms with Crippen LogP contribution >= 0.6 is 0 Å². The second kappa shape index (κ2) is 7.47. The van der Waals surface area contributed by atoms with Gasteiger partial charge in [0.2, 0.25) is 10.0 Å². The number of ether oxygens (including phenoxy) is 1. The van der Waals surface area contributed by atoms with Crippen LogP contribution in [0.1, 0.15) is 20.3 Å². The maximum absolute atomic E-state index is 12.2. The number of aromatic nitrogens is 1. The lowest BCUT2D eigenvalue weighted by molar-refractivity contribution is 0.242. The van der Waals surface area contributed by atoms with Crippen molar-refractivity contribution >= 4 is 10.0 Å². The van der Waals surface area contributed by atoms with Gasteiger partial charge in [0.25, 0.3) is 0 Å². The Bertz CT molecular complexity index is 662. The summed E-state index contributed by atoms with van der Waals surface area (Å²) in [5, 5.41) is 0. The molecule has 6 heteroatoms. The maximum atomic E-state index is 12.2. The molecule has 0 spiro atoms. The molecule has 2 rings (SSSR count). The lowest BCUT2D eigenvalue weighted by Crippen LogP contribution is -2.25. The van der Waals surface area contributed by atoms with Crippen LogP contribution in [0, 0.1) is 0 Å². The zero-order valence-corrected chi connectivity index (χ0v) is 13.7. The molecule has 0 radical (unpaired) electrons. The monoisotopic (exact) mass is 322 g/mol. The molecule has 0 aliphatic heterocycles. The highest BCUT2D eigenvalue weighted by Gasteiger charge is 2.13. The van der Waals surface area contributed by atoms with Crippen LogP contribution in [-0.4, -0.2) is 25.6 Å². The largest absolute Gasteiger partial charge is 0.491 e. The highest BCUT2D eigenvalue weighted by Crippen LogP contribution is 2.16. The fraction of sp³-hybridized carbons (Fsp3) is 0.375. The third-order valence-corrected chi connectivity index (χ3v) is 4.53. The smallest absolute Gasteiger partial charge is 0.240 e. The van der Waals surface area contributed by atoms with Crippen LogP contribution in [0.5, 0.6) is 5.75 Å². The van der Waals surface area contributed by atoms with Crippen molar-refractivity contribution in [3.63, 3.8) is 0 Å². The minimum Gasteiger partial charge on any atom is -0.491 e. The van der Waals surface area contributed by atoms with E-state index in [1.165, 1.54) is 0 Å². The molecule has 1 heterocycles. The quantitative estimate of drug-likeness (QED) is 0.760. The maximum Gasteiger partial charge on any atom is 0.240 e. The lowest BCUT2D eigenvalue weighted by Gasteiger charge is -2.11. The van der Waals surface area contributed by atoms with Gasteiger partial charge in [-0.05, 0) is 56.7 Å². The van der Waals surface area contributed by atoms with E-state index < -0.39 is 10.0 Å². The van der Waals surface area contributed by atoms with Crippen molar-refractivity contribution in [3.8, 4) is 5.75 Å². The van der Waals surface area contributed by atoms with Gasteiger partial charge in [0.15, 0.2) is 0 Å². The zero-order valence-electron chi connectivity index (χ0n) is 12.9. The van der Waals surface area contributed by atoms with Crippen molar-refractivity contribution in [1.29, 1.82) is 0 Å². The van der Waals surface area contributed by atoms with Crippen LogP contribution in [0.3, 0.4) is 0 Å². The molecule has 0 fully saturated rings. The summed E-state index contributed by atoms with van der Waals surface area (Å²) in [6, 6.07) is 10.4. The Morgan fingerprint density at radius 3 is 2.36 bits per heavy atom. The number of aryl methyl sites for hydroxylation is 1. The van der Waals surface area contributed by atoms with E-state index in [0.29, 0.717) is 12.3 Å². The summed E-state index contributed by atoms with van der Waals surface area (Å²) in [4.78, 5) is 0.254. The molecule has 0 aliphatic rings. The Kier molecular flexibility index (Phi) is 5.63. The first kappa shape index (κ1) is 16.6. The fourth-order valence-electron chi connectivity index (χ4n) is 2.04. The molecule has 0 aliphatic carbocycles. The van der Waals surface area contributed by atoms with Crippen molar-refractivity contribution in [3.05, 3.63) is 48.8 Å². The summed E-state index contributed by atoms with van der Waals surface area (Å²) in [7, 11) is -3.46. The van der Waals surface area contributed by atoms with E-state index in [4.69, 9.17) is 4.74 Å². The van der Waals surface area contributed by atoms with Gasteiger partial charge in [0.05, 0.1) is 11.0 Å². The van der Waals surface area contributed by atoms with Crippen LogP contribution < -0.4 is 9.46 Å². The lowest BCUT2D eigenvalue weighted by atomic mass is 10.3. The zero-order chi connectivity index (χ0) is 16.0. The molecule has 1 N–H and O–H groups in total. The molecule has 1 aromatic heterocycles. The SMILES string of the molecule is CC(C)Oc1ccc(S(=O)(=O)NCCCn2cccc2)cc1. The van der Waals surface area contributed by atoms with E-state index >= 15 is 0 Å². The molecule has 2 aromatic rings. The highest BCUT2D eigenvalue weighted by molar-refractivity contribution is 7.89. The Labute approximate surface area is 132 Å². The summed E-state index contributed by atoms with van der Waals surface area (Å²) >= 11 is 0. The Morgan fingerprint density at radius 2 is 1.77 bits per heavy atom. The van der Waals surface area contributed by atoms with Gasteiger partial charge in [-0.3, -0.25) is 0 Å².